The molecule has 0 bridgehead atoms. The van der Waals surface area contributed by atoms with Crippen molar-refractivity contribution in [3.8, 4) is 0 Å². The molecule has 116 valence electrons. The number of sulfone groups is 1. The third kappa shape index (κ3) is 3.78. The smallest absolute Gasteiger partial charge is 0.353 e. The van der Waals surface area contributed by atoms with E-state index in [-0.39, 0.29) is 34.7 Å². The van der Waals surface area contributed by atoms with Crippen molar-refractivity contribution in [3.05, 3.63) is 16.4 Å². The number of hydrogen-bond donors (Lipinski definition) is 2. The zero-order chi connectivity index (χ0) is 15.5. The Kier molecular flexibility index (Phi) is 4.56. The largest absolute Gasteiger partial charge is 0.364 e. The molecule has 0 aliphatic carbocycles. The molecule has 2 heterocycles. The van der Waals surface area contributed by atoms with Crippen molar-refractivity contribution >= 4 is 27.2 Å². The van der Waals surface area contributed by atoms with Crippen molar-refractivity contribution in [2.45, 2.75) is 13.3 Å². The highest BCUT2D eigenvalue weighted by atomic mass is 32.2. The highest BCUT2D eigenvalue weighted by Gasteiger charge is 2.29. The van der Waals surface area contributed by atoms with Gasteiger partial charge >= 0.3 is 5.69 Å². The predicted octanol–water partition coefficient (Wildman–Crippen LogP) is 0.663. The van der Waals surface area contributed by atoms with Crippen LogP contribution < -0.4 is 10.6 Å². The second kappa shape index (κ2) is 6.20. The molecule has 0 saturated carbocycles. The summed E-state index contributed by atoms with van der Waals surface area (Å²) < 4.78 is 22.8. The lowest BCUT2D eigenvalue weighted by molar-refractivity contribution is -0.383. The number of rotatable bonds is 6. The van der Waals surface area contributed by atoms with E-state index in [0.29, 0.717) is 19.5 Å². The summed E-state index contributed by atoms with van der Waals surface area (Å²) in [7, 11) is -2.96. The van der Waals surface area contributed by atoms with Crippen LogP contribution in [-0.2, 0) is 9.84 Å². The van der Waals surface area contributed by atoms with Crippen molar-refractivity contribution < 1.29 is 13.3 Å². The van der Waals surface area contributed by atoms with E-state index in [2.05, 4.69) is 20.6 Å². The first kappa shape index (κ1) is 15.4. The first-order valence-corrected chi connectivity index (χ1v) is 8.42. The van der Waals surface area contributed by atoms with Gasteiger partial charge in [0.15, 0.2) is 9.84 Å². The molecular formula is C11H17N5O4S. The zero-order valence-electron chi connectivity index (χ0n) is 11.6. The van der Waals surface area contributed by atoms with Crippen LogP contribution in [0.5, 0.6) is 0 Å². The molecule has 1 saturated heterocycles. The molecule has 1 aromatic heterocycles. The summed E-state index contributed by atoms with van der Waals surface area (Å²) in [5.74, 6) is 0.494. The summed E-state index contributed by atoms with van der Waals surface area (Å²) in [6, 6.07) is 0. The predicted molar refractivity (Wildman–Crippen MR) is 78.1 cm³/mol. The van der Waals surface area contributed by atoms with Crippen LogP contribution in [0.4, 0.5) is 17.3 Å². The lowest BCUT2D eigenvalue weighted by Crippen LogP contribution is -2.17. The Bertz CT molecular complexity index is 634. The van der Waals surface area contributed by atoms with Crippen LogP contribution >= 0.6 is 0 Å². The Balaban J connectivity index is 2.13. The van der Waals surface area contributed by atoms with Gasteiger partial charge in [-0.05, 0) is 19.3 Å². The molecule has 9 nitrogen and oxygen atoms in total. The summed E-state index contributed by atoms with van der Waals surface area (Å²) in [6.45, 7) is 2.64. The molecule has 1 unspecified atom stereocenters. The van der Waals surface area contributed by atoms with Gasteiger partial charge in [0.25, 0.3) is 0 Å². The fourth-order valence-corrected chi connectivity index (χ4v) is 4.11. The van der Waals surface area contributed by atoms with Crippen LogP contribution in [0, 0.1) is 16.0 Å². The first-order chi connectivity index (χ1) is 9.93. The molecule has 10 heteroatoms. The minimum absolute atomic E-state index is 0.0489. The number of aromatic nitrogens is 2. The summed E-state index contributed by atoms with van der Waals surface area (Å²) in [4.78, 5) is 18.4. The molecule has 2 rings (SSSR count). The van der Waals surface area contributed by atoms with Crippen LogP contribution in [0.25, 0.3) is 0 Å². The van der Waals surface area contributed by atoms with E-state index < -0.39 is 14.8 Å². The standard InChI is InChI=1S/C11H17N5O4S/c1-2-12-10-9(16(17)18)11(15-7-14-10)13-5-8-3-4-21(19,20)6-8/h7-8H,2-6H2,1H3,(H2,12,13,14,15). The van der Waals surface area contributed by atoms with Crippen LogP contribution in [0.3, 0.4) is 0 Å². The topological polar surface area (TPSA) is 127 Å². The molecule has 1 aliphatic heterocycles. The Morgan fingerprint density at radius 1 is 1.38 bits per heavy atom. The second-order valence-electron chi connectivity index (χ2n) is 4.86. The van der Waals surface area contributed by atoms with Gasteiger partial charge in [-0.2, -0.15) is 0 Å². The number of hydrogen-bond acceptors (Lipinski definition) is 8. The maximum Gasteiger partial charge on any atom is 0.353 e. The van der Waals surface area contributed by atoms with E-state index in [4.69, 9.17) is 0 Å². The number of anilines is 2. The molecule has 0 aromatic carbocycles. The van der Waals surface area contributed by atoms with E-state index in [1.807, 2.05) is 6.92 Å². The van der Waals surface area contributed by atoms with Gasteiger partial charge in [-0.15, -0.1) is 0 Å². The summed E-state index contributed by atoms with van der Waals surface area (Å²) in [5, 5.41) is 16.9. The highest BCUT2D eigenvalue weighted by Crippen LogP contribution is 2.29. The van der Waals surface area contributed by atoms with Crippen LogP contribution in [0.15, 0.2) is 6.33 Å². The minimum Gasteiger partial charge on any atom is -0.364 e. The van der Waals surface area contributed by atoms with Crippen LogP contribution in [0.1, 0.15) is 13.3 Å². The molecule has 1 atom stereocenters. The first-order valence-electron chi connectivity index (χ1n) is 6.60. The van der Waals surface area contributed by atoms with E-state index in [9.17, 15) is 18.5 Å². The summed E-state index contributed by atoms with van der Waals surface area (Å²) in [5.41, 5.74) is -0.222. The lowest BCUT2D eigenvalue weighted by Gasteiger charge is -2.11. The van der Waals surface area contributed by atoms with E-state index in [0.717, 1.165) is 0 Å². The van der Waals surface area contributed by atoms with Gasteiger partial charge in [-0.25, -0.2) is 18.4 Å². The van der Waals surface area contributed by atoms with Gasteiger partial charge < -0.3 is 10.6 Å². The molecule has 0 radical (unpaired) electrons. The average molecular weight is 315 g/mol. The number of nitro groups is 1. The van der Waals surface area contributed by atoms with Gasteiger partial charge in [0.1, 0.15) is 6.33 Å². The fraction of sp³-hybridized carbons (Fsp3) is 0.636. The Morgan fingerprint density at radius 3 is 2.57 bits per heavy atom. The maximum atomic E-state index is 11.4. The molecular weight excluding hydrogens is 298 g/mol. The monoisotopic (exact) mass is 315 g/mol. The SMILES string of the molecule is CCNc1ncnc(NCC2CCS(=O)(=O)C2)c1[N+](=O)[O-]. The van der Waals surface area contributed by atoms with E-state index >= 15 is 0 Å². The normalized spacial score (nSPS) is 20.1. The fourth-order valence-electron chi connectivity index (χ4n) is 2.25. The van der Waals surface area contributed by atoms with Crippen molar-refractivity contribution in [3.63, 3.8) is 0 Å². The summed E-state index contributed by atoms with van der Waals surface area (Å²) >= 11 is 0. The zero-order valence-corrected chi connectivity index (χ0v) is 12.4. The molecule has 1 aliphatic rings. The Labute approximate surface area is 122 Å². The number of nitrogens with one attached hydrogen (secondary N) is 2. The molecule has 0 amide bonds. The second-order valence-corrected chi connectivity index (χ2v) is 7.09. The maximum absolute atomic E-state index is 11.4. The molecule has 1 fully saturated rings. The van der Waals surface area contributed by atoms with E-state index in [1.54, 1.807) is 0 Å². The van der Waals surface area contributed by atoms with Gasteiger partial charge in [0.2, 0.25) is 11.6 Å². The third-order valence-corrected chi connectivity index (χ3v) is 5.07. The van der Waals surface area contributed by atoms with Gasteiger partial charge in [0.05, 0.1) is 16.4 Å². The average Bonchev–Trinajstić information content (AvgIpc) is 2.76. The minimum atomic E-state index is -2.96. The van der Waals surface area contributed by atoms with Crippen LogP contribution in [0.2, 0.25) is 0 Å². The van der Waals surface area contributed by atoms with Crippen molar-refractivity contribution in [1.82, 2.24) is 9.97 Å². The highest BCUT2D eigenvalue weighted by molar-refractivity contribution is 7.91. The molecule has 0 spiro atoms. The van der Waals surface area contributed by atoms with E-state index in [1.165, 1.54) is 6.33 Å². The molecule has 2 N–H and O–H groups in total. The van der Waals surface area contributed by atoms with Gasteiger partial charge in [-0.1, -0.05) is 0 Å². The molecule has 21 heavy (non-hydrogen) atoms. The Morgan fingerprint density at radius 2 is 2.05 bits per heavy atom. The van der Waals surface area contributed by atoms with Crippen molar-refractivity contribution in [2.24, 2.45) is 5.92 Å². The molecule has 1 aromatic rings. The van der Waals surface area contributed by atoms with Gasteiger partial charge in [0, 0.05) is 13.1 Å². The Hall–Kier alpha value is -1.97. The third-order valence-electron chi connectivity index (χ3n) is 3.23. The van der Waals surface area contributed by atoms with Gasteiger partial charge in [-0.3, -0.25) is 10.1 Å². The number of nitrogens with zero attached hydrogens (tertiary/aromatic N) is 3. The van der Waals surface area contributed by atoms with Crippen molar-refractivity contribution in [2.75, 3.05) is 35.2 Å². The van der Waals surface area contributed by atoms with Crippen molar-refractivity contribution in [1.29, 1.82) is 0 Å². The lowest BCUT2D eigenvalue weighted by atomic mass is 10.1. The van der Waals surface area contributed by atoms with Crippen LogP contribution in [-0.4, -0.2) is 47.9 Å². The summed E-state index contributed by atoms with van der Waals surface area (Å²) in [6.07, 6.45) is 1.80. The quantitative estimate of drug-likeness (QED) is 0.579.